The van der Waals surface area contributed by atoms with Crippen molar-refractivity contribution >= 4 is 29.7 Å². The molecule has 134 valence electrons. The van der Waals surface area contributed by atoms with Crippen LogP contribution < -0.4 is 5.32 Å². The van der Waals surface area contributed by atoms with E-state index in [0.29, 0.717) is 22.2 Å². The minimum absolute atomic E-state index is 0.106. The number of aromatic nitrogens is 3. The van der Waals surface area contributed by atoms with E-state index < -0.39 is 0 Å². The van der Waals surface area contributed by atoms with E-state index >= 15 is 0 Å². The minimum Gasteiger partial charge on any atom is -0.354 e. The van der Waals surface area contributed by atoms with Gasteiger partial charge in [-0.15, -0.1) is 0 Å². The lowest BCUT2D eigenvalue weighted by molar-refractivity contribution is -0.121. The summed E-state index contributed by atoms with van der Waals surface area (Å²) in [4.78, 5) is 12.3. The maximum atomic E-state index is 12.3. The summed E-state index contributed by atoms with van der Waals surface area (Å²) >= 11 is 11.2. The smallest absolute Gasteiger partial charge is 0.240 e. The van der Waals surface area contributed by atoms with E-state index in [1.807, 2.05) is 55.5 Å². The molecule has 0 fully saturated rings. The Kier molecular flexibility index (Phi) is 5.85. The molecule has 0 radical (unpaired) electrons. The topological polar surface area (TPSA) is 62.7 Å². The van der Waals surface area contributed by atoms with Crippen molar-refractivity contribution in [1.82, 2.24) is 20.1 Å². The zero-order valence-corrected chi connectivity index (χ0v) is 15.9. The number of H-pyrrole nitrogens is 1. The molecule has 0 aliphatic heterocycles. The molecule has 0 aliphatic carbocycles. The lowest BCUT2D eigenvalue weighted by Crippen LogP contribution is -2.29. The molecule has 1 heterocycles. The average molecular weight is 387 g/mol. The highest BCUT2D eigenvalue weighted by Crippen LogP contribution is 2.18. The molecule has 1 aromatic heterocycles. The Hall–Kier alpha value is -2.44. The summed E-state index contributed by atoms with van der Waals surface area (Å²) < 4.78 is 2.14. The molecule has 2 aromatic carbocycles. The van der Waals surface area contributed by atoms with E-state index in [0.717, 1.165) is 23.1 Å². The van der Waals surface area contributed by atoms with Crippen molar-refractivity contribution in [3.8, 4) is 11.4 Å². The molecule has 3 aromatic rings. The van der Waals surface area contributed by atoms with Crippen LogP contribution in [0.2, 0.25) is 5.02 Å². The van der Waals surface area contributed by atoms with Gasteiger partial charge in [-0.2, -0.15) is 5.10 Å². The lowest BCUT2D eigenvalue weighted by atomic mass is 10.1. The fourth-order valence-electron chi connectivity index (χ4n) is 2.67. The fraction of sp³-hybridized carbons (Fsp3) is 0.211. The number of carbonyl (C=O) groups excluding carboxylic acids is 1. The second kappa shape index (κ2) is 8.29. The third-order valence-corrected chi connectivity index (χ3v) is 4.55. The number of aryl methyl sites for hydroxylation is 1. The van der Waals surface area contributed by atoms with Gasteiger partial charge in [-0.25, -0.2) is 0 Å². The first-order valence-electron chi connectivity index (χ1n) is 8.26. The fourth-order valence-corrected chi connectivity index (χ4v) is 2.99. The van der Waals surface area contributed by atoms with E-state index in [9.17, 15) is 4.79 Å². The van der Waals surface area contributed by atoms with E-state index in [2.05, 4.69) is 15.5 Å². The SMILES string of the molecule is Cc1cccc(-c2n[nH]c(=S)n2CC(=O)NCCc2ccc(Cl)cc2)c1. The van der Waals surface area contributed by atoms with E-state index in [1.165, 1.54) is 0 Å². The van der Waals surface area contributed by atoms with Crippen molar-refractivity contribution < 1.29 is 4.79 Å². The van der Waals surface area contributed by atoms with Crippen molar-refractivity contribution in [2.45, 2.75) is 19.9 Å². The third kappa shape index (κ3) is 4.59. The Morgan fingerprint density at radius 3 is 2.77 bits per heavy atom. The molecule has 1 amide bonds. The van der Waals surface area contributed by atoms with Crippen molar-refractivity contribution in [2.75, 3.05) is 6.54 Å². The molecule has 0 atom stereocenters. The van der Waals surface area contributed by atoms with Gasteiger partial charge in [-0.05, 0) is 49.3 Å². The van der Waals surface area contributed by atoms with Crippen LogP contribution in [-0.2, 0) is 17.8 Å². The van der Waals surface area contributed by atoms with Crippen molar-refractivity contribution in [1.29, 1.82) is 0 Å². The number of nitrogens with one attached hydrogen (secondary N) is 2. The monoisotopic (exact) mass is 386 g/mol. The highest BCUT2D eigenvalue weighted by molar-refractivity contribution is 7.71. The van der Waals surface area contributed by atoms with Crippen LogP contribution in [0.3, 0.4) is 0 Å². The number of hydrogen-bond acceptors (Lipinski definition) is 3. The van der Waals surface area contributed by atoms with Crippen molar-refractivity contribution in [2.24, 2.45) is 0 Å². The Labute approximate surface area is 162 Å². The Morgan fingerprint density at radius 1 is 1.27 bits per heavy atom. The lowest BCUT2D eigenvalue weighted by Gasteiger charge is -2.09. The highest BCUT2D eigenvalue weighted by Gasteiger charge is 2.12. The van der Waals surface area contributed by atoms with Gasteiger partial charge in [0.15, 0.2) is 10.6 Å². The van der Waals surface area contributed by atoms with Crippen LogP contribution in [0.15, 0.2) is 48.5 Å². The molecule has 5 nitrogen and oxygen atoms in total. The van der Waals surface area contributed by atoms with Gasteiger partial charge in [-0.1, -0.05) is 47.5 Å². The van der Waals surface area contributed by atoms with Crippen LogP contribution >= 0.6 is 23.8 Å². The van der Waals surface area contributed by atoms with Gasteiger partial charge in [-0.3, -0.25) is 14.5 Å². The first kappa shape index (κ1) is 18.4. The van der Waals surface area contributed by atoms with Crippen LogP contribution in [-0.4, -0.2) is 27.2 Å². The maximum Gasteiger partial charge on any atom is 0.240 e. The van der Waals surface area contributed by atoms with Crippen molar-refractivity contribution in [3.05, 3.63) is 69.5 Å². The number of amides is 1. The predicted molar refractivity (Wildman–Crippen MR) is 106 cm³/mol. The van der Waals surface area contributed by atoms with Gasteiger partial charge in [0, 0.05) is 17.1 Å². The minimum atomic E-state index is -0.106. The molecule has 0 saturated heterocycles. The van der Waals surface area contributed by atoms with Gasteiger partial charge in [0.2, 0.25) is 5.91 Å². The van der Waals surface area contributed by atoms with E-state index in [-0.39, 0.29) is 12.5 Å². The molecular weight excluding hydrogens is 368 g/mol. The summed E-state index contributed by atoms with van der Waals surface area (Å²) in [7, 11) is 0. The van der Waals surface area contributed by atoms with Gasteiger partial charge >= 0.3 is 0 Å². The first-order valence-corrected chi connectivity index (χ1v) is 9.05. The molecule has 0 aliphatic rings. The molecule has 7 heteroatoms. The number of carbonyl (C=O) groups is 1. The summed E-state index contributed by atoms with van der Waals surface area (Å²) in [5.41, 5.74) is 3.16. The molecule has 0 saturated carbocycles. The maximum absolute atomic E-state index is 12.3. The van der Waals surface area contributed by atoms with Gasteiger partial charge in [0.1, 0.15) is 6.54 Å². The zero-order valence-electron chi connectivity index (χ0n) is 14.3. The molecule has 26 heavy (non-hydrogen) atoms. The van der Waals surface area contributed by atoms with Gasteiger partial charge < -0.3 is 5.32 Å². The Morgan fingerprint density at radius 2 is 2.04 bits per heavy atom. The average Bonchev–Trinajstić information content (AvgIpc) is 2.97. The molecule has 0 bridgehead atoms. The number of benzene rings is 2. The normalized spacial score (nSPS) is 10.7. The number of halogens is 1. The summed E-state index contributed by atoms with van der Waals surface area (Å²) in [5.74, 6) is 0.553. The highest BCUT2D eigenvalue weighted by atomic mass is 35.5. The van der Waals surface area contributed by atoms with Gasteiger partial charge in [0.05, 0.1) is 0 Å². The second-order valence-corrected chi connectivity index (χ2v) is 6.86. The number of nitrogens with zero attached hydrogens (tertiary/aromatic N) is 2. The Bertz CT molecular complexity index is 962. The summed E-state index contributed by atoms with van der Waals surface area (Å²) in [6.07, 6.45) is 0.741. The van der Waals surface area contributed by atoms with Crippen LogP contribution in [0.1, 0.15) is 11.1 Å². The van der Waals surface area contributed by atoms with E-state index in [4.69, 9.17) is 23.8 Å². The standard InChI is InChI=1S/C19H19ClN4OS/c1-13-3-2-4-15(11-13)18-22-23-19(26)24(18)12-17(25)21-10-9-14-5-7-16(20)8-6-14/h2-8,11H,9-10,12H2,1H3,(H,21,25)(H,23,26). The van der Waals surface area contributed by atoms with Gasteiger partial charge in [0.25, 0.3) is 0 Å². The second-order valence-electron chi connectivity index (χ2n) is 6.03. The van der Waals surface area contributed by atoms with Crippen LogP contribution in [0.25, 0.3) is 11.4 Å². The predicted octanol–water partition coefficient (Wildman–Crippen LogP) is 3.93. The Balaban J connectivity index is 1.63. The van der Waals surface area contributed by atoms with Crippen LogP contribution in [0, 0.1) is 11.7 Å². The summed E-state index contributed by atoms with van der Waals surface area (Å²) in [6.45, 7) is 2.68. The molecule has 3 rings (SSSR count). The molecule has 0 spiro atoms. The molecular formula is C19H19ClN4OS. The quantitative estimate of drug-likeness (QED) is 0.631. The first-order chi connectivity index (χ1) is 12.5. The summed E-state index contributed by atoms with van der Waals surface area (Å²) in [5, 5.41) is 10.7. The zero-order chi connectivity index (χ0) is 18.5. The number of rotatable bonds is 6. The largest absolute Gasteiger partial charge is 0.354 e. The van der Waals surface area contributed by atoms with Crippen LogP contribution in [0.5, 0.6) is 0 Å². The number of aromatic amines is 1. The molecule has 2 N–H and O–H groups in total. The number of hydrogen-bond donors (Lipinski definition) is 2. The third-order valence-electron chi connectivity index (χ3n) is 3.99. The molecule has 0 unspecified atom stereocenters. The summed E-state index contributed by atoms with van der Waals surface area (Å²) in [6, 6.07) is 15.5. The van der Waals surface area contributed by atoms with E-state index in [1.54, 1.807) is 4.57 Å². The van der Waals surface area contributed by atoms with Crippen LogP contribution in [0.4, 0.5) is 0 Å². The van der Waals surface area contributed by atoms with Crippen molar-refractivity contribution in [3.63, 3.8) is 0 Å².